The average molecular weight is 239 g/mol. The molecule has 0 saturated carbocycles. The van der Waals surface area contributed by atoms with Crippen molar-refractivity contribution in [3.8, 4) is 0 Å². The second-order valence-corrected chi connectivity index (χ2v) is 5.35. The molecule has 2 rings (SSSR count). The first-order valence-corrected chi connectivity index (χ1v) is 7.24. The van der Waals surface area contributed by atoms with E-state index in [1.165, 1.54) is 32.1 Å². The van der Waals surface area contributed by atoms with E-state index in [-0.39, 0.29) is 6.04 Å². The van der Waals surface area contributed by atoms with Crippen LogP contribution in [0.3, 0.4) is 0 Å². The van der Waals surface area contributed by atoms with Crippen molar-refractivity contribution in [1.29, 1.82) is 0 Å². The third-order valence-corrected chi connectivity index (χ3v) is 3.92. The second-order valence-electron chi connectivity index (χ2n) is 5.35. The van der Waals surface area contributed by atoms with Gasteiger partial charge in [-0.25, -0.2) is 0 Å². The van der Waals surface area contributed by atoms with Crippen molar-refractivity contribution in [3.63, 3.8) is 0 Å². The van der Waals surface area contributed by atoms with Crippen LogP contribution in [0.25, 0.3) is 0 Å². The molecule has 0 aromatic heterocycles. The fraction of sp³-hybridized carbons (Fsp3) is 0.929. The van der Waals surface area contributed by atoms with E-state index < -0.39 is 0 Å². The lowest BCUT2D eigenvalue weighted by molar-refractivity contribution is -0.121. The average Bonchev–Trinajstić information content (AvgIpc) is 2.69. The van der Waals surface area contributed by atoms with Gasteiger partial charge in [0.15, 0.2) is 0 Å². The molecule has 0 aromatic carbocycles. The molecular weight excluding hydrogens is 214 g/mol. The summed E-state index contributed by atoms with van der Waals surface area (Å²) in [5.41, 5.74) is 0. The minimum atomic E-state index is 0.141. The van der Waals surface area contributed by atoms with Crippen LogP contribution in [-0.4, -0.2) is 31.1 Å². The van der Waals surface area contributed by atoms with Crippen LogP contribution in [0.4, 0.5) is 0 Å². The van der Waals surface area contributed by atoms with E-state index >= 15 is 0 Å². The highest BCUT2D eigenvalue weighted by Crippen LogP contribution is 2.18. The molecule has 2 aliphatic heterocycles. The molecule has 3 heteroatoms. The van der Waals surface area contributed by atoms with Gasteiger partial charge >= 0.3 is 0 Å². The standard InChI is InChI=1S/C14H25NO2/c16-14(13-8-2-1-3-10-15-13)9-4-6-12-7-5-11-17-12/h12-13,15H,1-11H2. The lowest BCUT2D eigenvalue weighted by Gasteiger charge is -2.15. The number of nitrogens with one attached hydrogen (secondary N) is 1. The van der Waals surface area contributed by atoms with Gasteiger partial charge in [0.2, 0.25) is 0 Å². The molecule has 0 spiro atoms. The molecule has 98 valence electrons. The fourth-order valence-corrected chi connectivity index (χ4v) is 2.85. The van der Waals surface area contributed by atoms with Gasteiger partial charge in [-0.2, -0.15) is 0 Å². The normalized spacial score (nSPS) is 30.1. The predicted molar refractivity (Wildman–Crippen MR) is 68.1 cm³/mol. The third kappa shape index (κ3) is 4.40. The Morgan fingerprint density at radius 2 is 2.12 bits per heavy atom. The maximum Gasteiger partial charge on any atom is 0.149 e. The maximum absolute atomic E-state index is 12.0. The van der Waals surface area contributed by atoms with Crippen LogP contribution in [0.5, 0.6) is 0 Å². The maximum atomic E-state index is 12.0. The highest BCUT2D eigenvalue weighted by Gasteiger charge is 2.20. The van der Waals surface area contributed by atoms with Gasteiger partial charge in [-0.15, -0.1) is 0 Å². The third-order valence-electron chi connectivity index (χ3n) is 3.92. The number of hydrogen-bond donors (Lipinski definition) is 1. The van der Waals surface area contributed by atoms with Crippen LogP contribution in [0, 0.1) is 0 Å². The summed E-state index contributed by atoms with van der Waals surface area (Å²) in [7, 11) is 0. The zero-order valence-electron chi connectivity index (χ0n) is 10.7. The number of carbonyl (C=O) groups is 1. The molecule has 17 heavy (non-hydrogen) atoms. The molecule has 0 bridgehead atoms. The first kappa shape index (κ1) is 13.0. The van der Waals surface area contributed by atoms with Crippen molar-refractivity contribution in [3.05, 3.63) is 0 Å². The van der Waals surface area contributed by atoms with Crippen molar-refractivity contribution in [2.24, 2.45) is 0 Å². The van der Waals surface area contributed by atoms with Crippen molar-refractivity contribution in [2.45, 2.75) is 69.9 Å². The molecule has 2 heterocycles. The summed E-state index contributed by atoms with van der Waals surface area (Å²) in [6, 6.07) is 0.141. The highest BCUT2D eigenvalue weighted by atomic mass is 16.5. The van der Waals surface area contributed by atoms with Crippen LogP contribution in [0.2, 0.25) is 0 Å². The summed E-state index contributed by atoms with van der Waals surface area (Å²) in [6.45, 7) is 1.94. The molecule has 1 N–H and O–H groups in total. The van der Waals surface area contributed by atoms with Gasteiger partial charge in [-0.1, -0.05) is 12.8 Å². The van der Waals surface area contributed by atoms with Gasteiger partial charge in [-0.3, -0.25) is 4.79 Å². The van der Waals surface area contributed by atoms with Crippen molar-refractivity contribution in [1.82, 2.24) is 5.32 Å². The summed E-state index contributed by atoms with van der Waals surface area (Å²) in [5.74, 6) is 0.421. The van der Waals surface area contributed by atoms with Gasteiger partial charge in [0.05, 0.1) is 12.1 Å². The zero-order valence-corrected chi connectivity index (χ0v) is 10.7. The van der Waals surface area contributed by atoms with Crippen LogP contribution < -0.4 is 5.32 Å². The Kier molecular flexibility index (Phi) is 5.46. The van der Waals surface area contributed by atoms with E-state index in [0.717, 1.165) is 38.8 Å². The van der Waals surface area contributed by atoms with Crippen LogP contribution in [-0.2, 0) is 9.53 Å². The minimum absolute atomic E-state index is 0.141. The van der Waals surface area contributed by atoms with E-state index in [1.807, 2.05) is 0 Å². The van der Waals surface area contributed by atoms with E-state index in [2.05, 4.69) is 5.32 Å². The first-order chi connectivity index (χ1) is 8.36. The molecule has 2 fully saturated rings. The smallest absolute Gasteiger partial charge is 0.149 e. The van der Waals surface area contributed by atoms with E-state index in [9.17, 15) is 4.79 Å². The topological polar surface area (TPSA) is 38.3 Å². The Bertz CT molecular complexity index is 228. The molecule has 2 saturated heterocycles. The van der Waals surface area contributed by atoms with Gasteiger partial charge < -0.3 is 10.1 Å². The summed E-state index contributed by atoms with van der Waals surface area (Å²) >= 11 is 0. The Morgan fingerprint density at radius 3 is 2.94 bits per heavy atom. The van der Waals surface area contributed by atoms with Gasteiger partial charge in [0.25, 0.3) is 0 Å². The van der Waals surface area contributed by atoms with Crippen LogP contribution in [0.15, 0.2) is 0 Å². The fourth-order valence-electron chi connectivity index (χ4n) is 2.85. The van der Waals surface area contributed by atoms with E-state index in [1.54, 1.807) is 0 Å². The summed E-state index contributed by atoms with van der Waals surface area (Å²) in [6.07, 6.45) is 10.4. The molecule has 3 nitrogen and oxygen atoms in total. The Balaban J connectivity index is 1.61. The first-order valence-electron chi connectivity index (χ1n) is 7.24. The Hall–Kier alpha value is -0.410. The monoisotopic (exact) mass is 239 g/mol. The molecule has 0 aliphatic carbocycles. The molecule has 0 amide bonds. The molecule has 0 aromatic rings. The highest BCUT2D eigenvalue weighted by molar-refractivity contribution is 5.83. The van der Waals surface area contributed by atoms with Gasteiger partial charge in [0.1, 0.15) is 5.78 Å². The second kappa shape index (κ2) is 7.12. The van der Waals surface area contributed by atoms with Gasteiger partial charge in [-0.05, 0) is 45.1 Å². The summed E-state index contributed by atoms with van der Waals surface area (Å²) in [5, 5.41) is 3.38. The Labute approximate surface area is 104 Å². The molecule has 2 aliphatic rings. The van der Waals surface area contributed by atoms with Crippen molar-refractivity contribution in [2.75, 3.05) is 13.2 Å². The van der Waals surface area contributed by atoms with Gasteiger partial charge in [0, 0.05) is 13.0 Å². The minimum Gasteiger partial charge on any atom is -0.378 e. The number of carbonyl (C=O) groups excluding carboxylic acids is 1. The van der Waals surface area contributed by atoms with Crippen LogP contribution >= 0.6 is 0 Å². The lowest BCUT2D eigenvalue weighted by atomic mass is 10.0. The van der Waals surface area contributed by atoms with Crippen molar-refractivity contribution >= 4 is 5.78 Å². The number of rotatable bonds is 5. The van der Waals surface area contributed by atoms with E-state index in [0.29, 0.717) is 11.9 Å². The summed E-state index contributed by atoms with van der Waals surface area (Å²) in [4.78, 5) is 12.0. The largest absolute Gasteiger partial charge is 0.378 e. The number of ether oxygens (including phenoxy) is 1. The molecule has 0 radical (unpaired) electrons. The predicted octanol–water partition coefficient (Wildman–Crippen LogP) is 2.44. The molecular formula is C14H25NO2. The number of Topliss-reactive ketones (excluding diaryl/α,β-unsaturated/α-hetero) is 1. The van der Waals surface area contributed by atoms with Crippen molar-refractivity contribution < 1.29 is 9.53 Å². The number of hydrogen-bond acceptors (Lipinski definition) is 3. The lowest BCUT2D eigenvalue weighted by Crippen LogP contribution is -2.35. The summed E-state index contributed by atoms with van der Waals surface area (Å²) < 4.78 is 5.57. The zero-order chi connectivity index (χ0) is 11.9. The molecule has 2 atom stereocenters. The van der Waals surface area contributed by atoms with Crippen LogP contribution in [0.1, 0.15) is 57.8 Å². The molecule has 2 unspecified atom stereocenters. The SMILES string of the molecule is O=C(CCCC1CCCO1)C1CCCCCN1. The Morgan fingerprint density at radius 1 is 1.18 bits per heavy atom. The quantitative estimate of drug-likeness (QED) is 0.801. The van der Waals surface area contributed by atoms with E-state index in [4.69, 9.17) is 4.74 Å². The number of ketones is 1.